The molecule has 1 aromatic carbocycles. The molecule has 2 aromatic heterocycles. The molecule has 0 saturated heterocycles. The number of para-hydroxylation sites is 1. The van der Waals surface area contributed by atoms with E-state index in [1.165, 1.54) is 36.9 Å². The number of rotatable bonds is 2. The molecule has 3 heterocycles. The van der Waals surface area contributed by atoms with Gasteiger partial charge in [-0.15, -0.1) is 0 Å². The Labute approximate surface area is 146 Å². The van der Waals surface area contributed by atoms with E-state index in [9.17, 15) is 4.79 Å². The van der Waals surface area contributed by atoms with Crippen molar-refractivity contribution in [1.29, 1.82) is 0 Å². The Morgan fingerprint density at radius 3 is 2.72 bits per heavy atom. The van der Waals surface area contributed by atoms with Crippen LogP contribution in [-0.2, 0) is 12.0 Å². The minimum absolute atomic E-state index is 0.0105. The number of anilines is 1. The molecule has 25 heavy (non-hydrogen) atoms. The first-order chi connectivity index (χ1) is 12.3. The van der Waals surface area contributed by atoms with E-state index in [4.69, 9.17) is 4.98 Å². The summed E-state index contributed by atoms with van der Waals surface area (Å²) in [7, 11) is 0. The zero-order chi connectivity index (χ0) is 16.9. The minimum atomic E-state index is -0.0105. The molecule has 1 spiro atoms. The quantitative estimate of drug-likeness (QED) is 0.721. The van der Waals surface area contributed by atoms with Gasteiger partial charge in [-0.2, -0.15) is 0 Å². The van der Waals surface area contributed by atoms with E-state index in [1.807, 2.05) is 18.2 Å². The van der Waals surface area contributed by atoms with Crippen LogP contribution in [0, 0.1) is 0 Å². The van der Waals surface area contributed by atoms with Crippen LogP contribution in [0.2, 0.25) is 0 Å². The highest BCUT2D eigenvalue weighted by atomic mass is 16.1. The zero-order valence-corrected chi connectivity index (χ0v) is 14.2. The third-order valence-electron chi connectivity index (χ3n) is 5.85. The SMILES string of the molecule is O=c1cc(CN2CC3(CCCC3)c3ccccc32)nc2ccccn12. The highest BCUT2D eigenvalue weighted by Crippen LogP contribution is 2.50. The van der Waals surface area contributed by atoms with Crippen LogP contribution in [0.15, 0.2) is 59.5 Å². The smallest absolute Gasteiger partial charge is 0.258 e. The molecule has 0 bridgehead atoms. The van der Waals surface area contributed by atoms with Gasteiger partial charge in [-0.3, -0.25) is 9.20 Å². The van der Waals surface area contributed by atoms with Crippen molar-refractivity contribution in [2.75, 3.05) is 11.4 Å². The van der Waals surface area contributed by atoms with Crippen molar-refractivity contribution < 1.29 is 0 Å². The van der Waals surface area contributed by atoms with Crippen molar-refractivity contribution in [3.05, 3.63) is 76.3 Å². The van der Waals surface area contributed by atoms with Crippen molar-refractivity contribution >= 4 is 11.3 Å². The number of aromatic nitrogens is 2. The fraction of sp³-hybridized carbons (Fsp3) is 0.333. The maximum absolute atomic E-state index is 12.4. The Morgan fingerprint density at radius 1 is 1.04 bits per heavy atom. The highest BCUT2D eigenvalue weighted by Gasteiger charge is 2.44. The molecule has 1 aliphatic heterocycles. The molecule has 0 radical (unpaired) electrons. The molecule has 0 N–H and O–H groups in total. The van der Waals surface area contributed by atoms with Crippen LogP contribution in [-0.4, -0.2) is 15.9 Å². The molecule has 2 aliphatic rings. The second-order valence-electron chi connectivity index (χ2n) is 7.38. The first-order valence-electron chi connectivity index (χ1n) is 9.07. The zero-order valence-electron chi connectivity index (χ0n) is 14.2. The number of pyridine rings is 1. The largest absolute Gasteiger partial charge is 0.364 e. The molecule has 0 unspecified atom stereocenters. The molecule has 0 amide bonds. The number of nitrogens with zero attached hydrogens (tertiary/aromatic N) is 3. The van der Waals surface area contributed by atoms with Gasteiger partial charge in [0, 0.05) is 29.9 Å². The van der Waals surface area contributed by atoms with Crippen LogP contribution >= 0.6 is 0 Å². The average Bonchev–Trinajstić information content (AvgIpc) is 3.22. The van der Waals surface area contributed by atoms with Crippen LogP contribution < -0.4 is 10.5 Å². The summed E-state index contributed by atoms with van der Waals surface area (Å²) in [5.41, 5.74) is 4.67. The highest BCUT2D eigenvalue weighted by molar-refractivity contribution is 5.63. The lowest BCUT2D eigenvalue weighted by molar-refractivity contribution is 0.465. The van der Waals surface area contributed by atoms with Crippen LogP contribution in [0.3, 0.4) is 0 Å². The van der Waals surface area contributed by atoms with E-state index in [0.29, 0.717) is 17.6 Å². The Hall–Kier alpha value is -2.62. The summed E-state index contributed by atoms with van der Waals surface area (Å²) < 4.78 is 1.60. The minimum Gasteiger partial charge on any atom is -0.364 e. The fourth-order valence-electron chi connectivity index (χ4n) is 4.73. The summed E-state index contributed by atoms with van der Waals surface area (Å²) >= 11 is 0. The van der Waals surface area contributed by atoms with Gasteiger partial charge in [0.15, 0.2) is 0 Å². The molecule has 1 fully saturated rings. The average molecular weight is 331 g/mol. The molecule has 3 aromatic rings. The normalized spacial score (nSPS) is 18.2. The summed E-state index contributed by atoms with van der Waals surface area (Å²) in [4.78, 5) is 19.5. The summed E-state index contributed by atoms with van der Waals surface area (Å²) in [6, 6.07) is 16.1. The van der Waals surface area contributed by atoms with Gasteiger partial charge in [0.1, 0.15) is 5.65 Å². The van der Waals surface area contributed by atoms with Gasteiger partial charge < -0.3 is 4.90 Å². The number of fused-ring (bicyclic) bond motifs is 3. The molecule has 1 saturated carbocycles. The van der Waals surface area contributed by atoms with E-state index in [2.05, 4.69) is 29.2 Å². The van der Waals surface area contributed by atoms with Crippen molar-refractivity contribution in [3.8, 4) is 0 Å². The van der Waals surface area contributed by atoms with E-state index in [0.717, 1.165) is 12.2 Å². The van der Waals surface area contributed by atoms with Gasteiger partial charge in [-0.25, -0.2) is 4.98 Å². The van der Waals surface area contributed by atoms with E-state index < -0.39 is 0 Å². The summed E-state index contributed by atoms with van der Waals surface area (Å²) in [6.45, 7) is 1.74. The third-order valence-corrected chi connectivity index (χ3v) is 5.85. The van der Waals surface area contributed by atoms with Crippen LogP contribution in [0.25, 0.3) is 5.65 Å². The third kappa shape index (κ3) is 2.28. The number of hydrogen-bond acceptors (Lipinski definition) is 3. The molecule has 1 aliphatic carbocycles. The fourth-order valence-corrected chi connectivity index (χ4v) is 4.73. The summed E-state index contributed by atoms with van der Waals surface area (Å²) in [6.07, 6.45) is 6.95. The van der Waals surface area contributed by atoms with Gasteiger partial charge in [0.05, 0.1) is 12.2 Å². The van der Waals surface area contributed by atoms with E-state index in [-0.39, 0.29) is 5.56 Å². The van der Waals surface area contributed by atoms with Crippen molar-refractivity contribution in [2.45, 2.75) is 37.6 Å². The predicted octanol–water partition coefficient (Wildman–Crippen LogP) is 3.53. The van der Waals surface area contributed by atoms with Crippen molar-refractivity contribution in [2.24, 2.45) is 0 Å². The monoisotopic (exact) mass is 331 g/mol. The van der Waals surface area contributed by atoms with Gasteiger partial charge in [0.2, 0.25) is 0 Å². The Kier molecular flexibility index (Phi) is 3.20. The molecule has 0 atom stereocenters. The van der Waals surface area contributed by atoms with E-state index >= 15 is 0 Å². The second-order valence-corrected chi connectivity index (χ2v) is 7.38. The lowest BCUT2D eigenvalue weighted by Gasteiger charge is -2.25. The topological polar surface area (TPSA) is 37.6 Å². The van der Waals surface area contributed by atoms with Gasteiger partial charge in [-0.1, -0.05) is 37.1 Å². The summed E-state index contributed by atoms with van der Waals surface area (Å²) in [5, 5.41) is 0. The molecule has 4 nitrogen and oxygen atoms in total. The lowest BCUT2D eigenvalue weighted by atomic mass is 9.81. The van der Waals surface area contributed by atoms with Crippen LogP contribution in [0.4, 0.5) is 5.69 Å². The van der Waals surface area contributed by atoms with Crippen molar-refractivity contribution in [1.82, 2.24) is 9.38 Å². The first kappa shape index (κ1) is 14.7. The standard InChI is InChI=1S/C21H21N3O/c25-20-13-16(22-19-9-3-6-12-24(19)20)14-23-15-21(10-4-5-11-21)17-7-1-2-8-18(17)23/h1-3,6-9,12-13H,4-5,10-11,14-15H2. The maximum atomic E-state index is 12.4. The molecule has 5 rings (SSSR count). The van der Waals surface area contributed by atoms with Crippen LogP contribution in [0.5, 0.6) is 0 Å². The van der Waals surface area contributed by atoms with Gasteiger partial charge >= 0.3 is 0 Å². The molecule has 4 heteroatoms. The Bertz CT molecular complexity index is 1000. The molecular formula is C21H21N3O. The lowest BCUT2D eigenvalue weighted by Crippen LogP contribution is -2.31. The predicted molar refractivity (Wildman–Crippen MR) is 99.1 cm³/mol. The number of hydrogen-bond donors (Lipinski definition) is 0. The molecule has 126 valence electrons. The Morgan fingerprint density at radius 2 is 1.84 bits per heavy atom. The van der Waals surface area contributed by atoms with Crippen LogP contribution in [0.1, 0.15) is 36.9 Å². The maximum Gasteiger partial charge on any atom is 0.258 e. The van der Waals surface area contributed by atoms with Crippen molar-refractivity contribution in [3.63, 3.8) is 0 Å². The second kappa shape index (κ2) is 5.45. The Balaban J connectivity index is 1.54. The number of benzene rings is 1. The summed E-state index contributed by atoms with van der Waals surface area (Å²) in [5.74, 6) is 0. The van der Waals surface area contributed by atoms with E-state index in [1.54, 1.807) is 16.7 Å². The van der Waals surface area contributed by atoms with Gasteiger partial charge in [0.25, 0.3) is 5.56 Å². The first-order valence-corrected chi connectivity index (χ1v) is 9.07. The molecular weight excluding hydrogens is 310 g/mol. The van der Waals surface area contributed by atoms with Gasteiger partial charge in [-0.05, 0) is 36.6 Å².